The second kappa shape index (κ2) is 26.0. The van der Waals surface area contributed by atoms with E-state index >= 15 is 0 Å². The first-order chi connectivity index (χ1) is 24.8. The third-order valence-electron chi connectivity index (χ3n) is 7.73. The van der Waals surface area contributed by atoms with E-state index < -0.39 is 17.6 Å². The number of carbonyl (C=O) groups is 2. The Balaban J connectivity index is 1.54. The molecule has 0 aromatic carbocycles. The molecule has 4 amide bonds. The molecule has 2 rings (SSSR count). The molecule has 0 radical (unpaired) electrons. The number of carbonyl (C=O) groups excluding carboxylic acids is 2. The van der Waals surface area contributed by atoms with Gasteiger partial charge in [-0.3, -0.25) is 0 Å². The minimum absolute atomic E-state index is 0.0347. The minimum Gasteiger partial charge on any atom is -0.374 e. The maximum atomic E-state index is 12.1. The molecule has 4 N–H and O–H groups in total. The molecule has 0 spiro atoms. The van der Waals surface area contributed by atoms with Crippen molar-refractivity contribution in [3.63, 3.8) is 0 Å². The third-order valence-corrected chi connectivity index (χ3v) is 14.0. The van der Waals surface area contributed by atoms with Gasteiger partial charge in [0.2, 0.25) is 12.7 Å². The monoisotopic (exact) mass is 758 g/mol. The summed E-state index contributed by atoms with van der Waals surface area (Å²) in [7, 11) is -5.26. The smallest absolute Gasteiger partial charge is 0.374 e. The summed E-state index contributed by atoms with van der Waals surface area (Å²) in [6.45, 7) is 19.6. The van der Waals surface area contributed by atoms with Crippen LogP contribution in [0.25, 0.3) is 0 Å². The Kier molecular flexibility index (Phi) is 22.6. The van der Waals surface area contributed by atoms with Gasteiger partial charge in [-0.1, -0.05) is 0 Å². The van der Waals surface area contributed by atoms with Crippen molar-refractivity contribution in [2.24, 2.45) is 0 Å². The molecule has 0 saturated heterocycles. The van der Waals surface area contributed by atoms with Crippen LogP contribution in [0.2, 0.25) is 12.1 Å². The second-order valence-corrected chi connectivity index (χ2v) is 17.2. The van der Waals surface area contributed by atoms with Crippen LogP contribution in [-0.4, -0.2) is 98.2 Å². The van der Waals surface area contributed by atoms with Gasteiger partial charge in [0, 0.05) is 77.7 Å². The fourth-order valence-corrected chi connectivity index (χ4v) is 10.8. The Morgan fingerprint density at radius 1 is 0.549 bits per heavy atom. The van der Waals surface area contributed by atoms with E-state index in [0.29, 0.717) is 52.7 Å². The molecular weight excluding hydrogens is 693 g/mol. The van der Waals surface area contributed by atoms with Crippen LogP contribution in [0.15, 0.2) is 37.4 Å². The lowest BCUT2D eigenvalue weighted by Crippen LogP contribution is -2.46. The molecule has 0 unspecified atom stereocenters. The van der Waals surface area contributed by atoms with Gasteiger partial charge < -0.3 is 47.8 Å². The largest absolute Gasteiger partial charge is 0.501 e. The van der Waals surface area contributed by atoms with Gasteiger partial charge in [0.1, 0.15) is 24.8 Å². The van der Waals surface area contributed by atoms with Gasteiger partial charge >= 0.3 is 29.7 Å². The van der Waals surface area contributed by atoms with Crippen molar-refractivity contribution in [3.8, 4) is 0 Å². The molecule has 2 aromatic rings. The second-order valence-electron chi connectivity index (χ2n) is 11.7. The summed E-state index contributed by atoms with van der Waals surface area (Å²) in [4.78, 5) is 24.3. The summed E-state index contributed by atoms with van der Waals surface area (Å²) in [6, 6.07) is 0.892. The van der Waals surface area contributed by atoms with Gasteiger partial charge in [-0.2, -0.15) is 0 Å². The van der Waals surface area contributed by atoms with Gasteiger partial charge in [-0.05, 0) is 54.4 Å². The van der Waals surface area contributed by atoms with E-state index in [4.69, 9.17) is 26.6 Å². The Hall–Kier alpha value is -2.85. The first kappa shape index (κ1) is 44.3. The molecule has 18 heteroatoms. The lowest BCUT2D eigenvalue weighted by molar-refractivity contribution is -0.696. The van der Waals surface area contributed by atoms with Crippen molar-refractivity contribution >= 4 is 29.7 Å². The summed E-state index contributed by atoms with van der Waals surface area (Å²) in [5.41, 5.74) is 0. The van der Waals surface area contributed by atoms with E-state index in [9.17, 15) is 9.59 Å². The fourth-order valence-electron chi connectivity index (χ4n) is 5.62. The van der Waals surface area contributed by atoms with Crippen molar-refractivity contribution in [2.75, 3.05) is 59.4 Å². The number of nitrogens with one attached hydrogen (secondary N) is 4. The van der Waals surface area contributed by atoms with E-state index in [-0.39, 0.29) is 18.7 Å². The first-order valence-corrected chi connectivity index (χ1v) is 22.6. The predicted molar refractivity (Wildman–Crippen MR) is 197 cm³/mol. The molecule has 51 heavy (non-hydrogen) atoms. The van der Waals surface area contributed by atoms with Gasteiger partial charge in [0.25, 0.3) is 0 Å². The number of hydrogen-bond acceptors (Lipinski definition) is 8. The molecular formula is C33H66N8O8Si2+2. The minimum atomic E-state index is -2.63. The van der Waals surface area contributed by atoms with Crippen LogP contribution in [0.5, 0.6) is 0 Å². The van der Waals surface area contributed by atoms with Crippen LogP contribution < -0.4 is 30.4 Å². The first-order valence-electron chi connectivity index (χ1n) is 18.7. The SMILES string of the molecule is CCO[Si](CCCn1cc[n+](CCCNC(=O)NCNC(=O)NCCC[n+]2ccn(CCC[Si](OCC)(OCC)OCC)c2)c1)(OCC)OCC. The Morgan fingerprint density at radius 3 is 1.24 bits per heavy atom. The quantitative estimate of drug-likeness (QED) is 0.0411. The van der Waals surface area contributed by atoms with E-state index in [1.165, 1.54) is 0 Å². The van der Waals surface area contributed by atoms with Gasteiger partial charge in [-0.15, -0.1) is 0 Å². The molecule has 0 atom stereocenters. The molecule has 0 aliphatic rings. The van der Waals surface area contributed by atoms with Crippen LogP contribution in [-0.2, 0) is 52.7 Å². The zero-order valence-corrected chi connectivity index (χ0v) is 34.0. The molecule has 2 aromatic heterocycles. The highest BCUT2D eigenvalue weighted by atomic mass is 28.4. The van der Waals surface area contributed by atoms with E-state index in [1.54, 1.807) is 0 Å². The van der Waals surface area contributed by atoms with E-state index in [2.05, 4.69) is 52.2 Å². The standard InChI is InChI=1S/C33H64N8O8Si2/c1-7-44-50(45-8-2,46-9-3)27-15-21-40-25-23-38(30-40)19-13-17-34-32(42)36-29-37-33(43)35-18-14-20-39-24-26-41(31-39)22-16-28-51(47-10-4,48-11-5)49-12-6/h23-26,30-31H,7-22,27-29H2,1-6H3,(H2-2,34,35,36,37,42,43)/p+2. The number of nitrogens with zero attached hydrogens (tertiary/aromatic N) is 4. The van der Waals surface area contributed by atoms with Crippen molar-refractivity contribution in [2.45, 2.75) is 105 Å². The van der Waals surface area contributed by atoms with E-state index in [0.717, 1.165) is 64.0 Å². The number of urea groups is 2. The topological polar surface area (TPSA) is 155 Å². The Bertz CT molecular complexity index is 1100. The molecule has 292 valence electrons. The number of imidazole rings is 2. The maximum absolute atomic E-state index is 12.1. The van der Waals surface area contributed by atoms with Crippen LogP contribution in [0.3, 0.4) is 0 Å². The van der Waals surface area contributed by atoms with Gasteiger partial charge in [0.15, 0.2) is 0 Å². The molecule has 0 bridgehead atoms. The predicted octanol–water partition coefficient (Wildman–Crippen LogP) is 2.78. The normalized spacial score (nSPS) is 11.9. The van der Waals surface area contributed by atoms with Crippen LogP contribution in [0.4, 0.5) is 9.59 Å². The third kappa shape index (κ3) is 18.0. The van der Waals surface area contributed by atoms with Crippen molar-refractivity contribution in [1.29, 1.82) is 0 Å². The van der Waals surface area contributed by atoms with Crippen LogP contribution >= 0.6 is 0 Å². The zero-order valence-electron chi connectivity index (χ0n) is 32.0. The van der Waals surface area contributed by atoms with Crippen molar-refractivity contribution < 1.29 is 45.3 Å². The fraction of sp³-hybridized carbons (Fsp3) is 0.758. The lowest BCUT2D eigenvalue weighted by atomic mass is 10.4. The Morgan fingerprint density at radius 2 is 0.902 bits per heavy atom. The lowest BCUT2D eigenvalue weighted by Gasteiger charge is -2.28. The van der Waals surface area contributed by atoms with E-state index in [1.807, 2.05) is 66.3 Å². The van der Waals surface area contributed by atoms with Gasteiger partial charge in [0.05, 0.1) is 32.8 Å². The number of rotatable bonds is 30. The summed E-state index contributed by atoms with van der Waals surface area (Å²) in [6.07, 6.45) is 15.6. The number of amides is 4. The van der Waals surface area contributed by atoms with Crippen LogP contribution in [0.1, 0.15) is 67.2 Å². The highest BCUT2D eigenvalue weighted by Gasteiger charge is 2.40. The average molecular weight is 759 g/mol. The summed E-state index contributed by atoms with van der Waals surface area (Å²) in [5.74, 6) is 0. The molecule has 0 fully saturated rings. The maximum Gasteiger partial charge on any atom is 0.501 e. The van der Waals surface area contributed by atoms with Crippen molar-refractivity contribution in [3.05, 3.63) is 37.4 Å². The highest BCUT2D eigenvalue weighted by molar-refractivity contribution is 6.61. The van der Waals surface area contributed by atoms with Crippen LogP contribution in [0, 0.1) is 0 Å². The molecule has 2 heterocycles. The number of hydrogen-bond donors (Lipinski definition) is 4. The highest BCUT2D eigenvalue weighted by Crippen LogP contribution is 2.20. The average Bonchev–Trinajstić information content (AvgIpc) is 3.75. The van der Waals surface area contributed by atoms with Gasteiger partial charge in [-0.25, -0.2) is 27.9 Å². The molecule has 0 aliphatic carbocycles. The molecule has 16 nitrogen and oxygen atoms in total. The summed E-state index contributed by atoms with van der Waals surface area (Å²) in [5, 5.41) is 11.0. The van der Waals surface area contributed by atoms with Crippen molar-refractivity contribution in [1.82, 2.24) is 30.4 Å². The number of aryl methyl sites for hydroxylation is 4. The Labute approximate surface area is 307 Å². The summed E-state index contributed by atoms with van der Waals surface area (Å²) < 4.78 is 44.1. The number of aromatic nitrogens is 4. The molecule has 0 aliphatic heterocycles. The summed E-state index contributed by atoms with van der Waals surface area (Å²) >= 11 is 0. The molecule has 0 saturated carbocycles. The zero-order chi connectivity index (χ0) is 37.2.